The van der Waals surface area contributed by atoms with Gasteiger partial charge in [-0.1, -0.05) is 39.0 Å². The molecule has 1 N–H and O–H groups in total. The molecule has 1 aromatic carbocycles. The summed E-state index contributed by atoms with van der Waals surface area (Å²) in [6, 6.07) is 8.30. The second kappa shape index (κ2) is 9.40. The highest BCUT2D eigenvalue weighted by Crippen LogP contribution is 2.15. The molecule has 1 rings (SSSR count). The van der Waals surface area contributed by atoms with Crippen LogP contribution in [0.25, 0.3) is 0 Å². The van der Waals surface area contributed by atoms with Crippen LogP contribution in [-0.4, -0.2) is 30.4 Å². The van der Waals surface area contributed by atoms with Gasteiger partial charge in [-0.05, 0) is 30.9 Å². The van der Waals surface area contributed by atoms with E-state index in [2.05, 4.69) is 44.3 Å². The van der Waals surface area contributed by atoms with Crippen LogP contribution in [-0.2, 0) is 11.2 Å². The summed E-state index contributed by atoms with van der Waals surface area (Å²) in [5.74, 6) is 0.259. The Morgan fingerprint density at radius 3 is 2.35 bits per heavy atom. The highest BCUT2D eigenvalue weighted by atomic mass is 16.2. The van der Waals surface area contributed by atoms with Crippen LogP contribution in [0.15, 0.2) is 24.3 Å². The molecule has 0 aromatic heterocycles. The quantitative estimate of drug-likeness (QED) is 0.746. The molecular weight excluding hydrogens is 248 g/mol. The minimum Gasteiger partial charge on any atom is -0.384 e. The van der Waals surface area contributed by atoms with Crippen LogP contribution in [0.5, 0.6) is 0 Å². The zero-order valence-electron chi connectivity index (χ0n) is 13.1. The van der Waals surface area contributed by atoms with E-state index in [-0.39, 0.29) is 5.91 Å². The summed E-state index contributed by atoms with van der Waals surface area (Å²) >= 11 is 0. The normalized spacial score (nSPS) is 10.3. The Balaban J connectivity index is 2.44. The second-order valence-corrected chi connectivity index (χ2v) is 5.07. The summed E-state index contributed by atoms with van der Waals surface area (Å²) in [6.07, 6.45) is 3.63. The number of amides is 1. The molecule has 0 aliphatic heterocycles. The molecule has 0 bridgehead atoms. The van der Waals surface area contributed by atoms with Crippen LogP contribution in [0.1, 0.15) is 45.6 Å². The molecule has 0 saturated carbocycles. The van der Waals surface area contributed by atoms with Gasteiger partial charge in [0.25, 0.3) is 0 Å². The third-order valence-electron chi connectivity index (χ3n) is 3.39. The maximum atomic E-state index is 12.2. The number of nitrogens with zero attached hydrogens (tertiary/aromatic N) is 1. The molecule has 1 aromatic rings. The molecule has 1 amide bonds. The van der Waals surface area contributed by atoms with Crippen molar-refractivity contribution in [3.63, 3.8) is 0 Å². The van der Waals surface area contributed by atoms with Crippen molar-refractivity contribution in [2.45, 2.75) is 46.5 Å². The molecule has 3 heteroatoms. The van der Waals surface area contributed by atoms with Crippen LogP contribution >= 0.6 is 0 Å². The van der Waals surface area contributed by atoms with Gasteiger partial charge in [-0.3, -0.25) is 4.79 Å². The number of hydrogen-bond donors (Lipinski definition) is 1. The number of benzene rings is 1. The zero-order valence-corrected chi connectivity index (χ0v) is 13.1. The highest BCUT2D eigenvalue weighted by molar-refractivity contribution is 5.76. The molecule has 0 aliphatic carbocycles. The number of nitrogens with one attached hydrogen (secondary N) is 1. The second-order valence-electron chi connectivity index (χ2n) is 5.07. The summed E-state index contributed by atoms with van der Waals surface area (Å²) in [6.45, 7) is 8.84. The number of anilines is 1. The van der Waals surface area contributed by atoms with E-state index in [0.29, 0.717) is 13.0 Å². The fourth-order valence-electron chi connectivity index (χ4n) is 2.36. The number of carbonyl (C=O) groups excluding carboxylic acids is 1. The van der Waals surface area contributed by atoms with Crippen LogP contribution in [0.2, 0.25) is 0 Å². The van der Waals surface area contributed by atoms with Crippen LogP contribution in [0, 0.1) is 0 Å². The van der Waals surface area contributed by atoms with Crippen LogP contribution in [0.3, 0.4) is 0 Å². The lowest BCUT2D eigenvalue weighted by molar-refractivity contribution is -0.131. The summed E-state index contributed by atoms with van der Waals surface area (Å²) in [5.41, 5.74) is 2.46. The monoisotopic (exact) mass is 276 g/mol. The van der Waals surface area contributed by atoms with Gasteiger partial charge in [0.15, 0.2) is 0 Å². The Morgan fingerprint density at radius 1 is 1.10 bits per heavy atom. The summed E-state index contributed by atoms with van der Waals surface area (Å²) < 4.78 is 0. The van der Waals surface area contributed by atoms with E-state index in [9.17, 15) is 4.79 Å². The van der Waals surface area contributed by atoms with Gasteiger partial charge in [0.2, 0.25) is 5.91 Å². The van der Waals surface area contributed by atoms with Gasteiger partial charge in [0.05, 0.1) is 0 Å². The predicted octanol–water partition coefficient (Wildman–Crippen LogP) is 3.70. The molecule has 0 saturated heterocycles. The molecule has 0 unspecified atom stereocenters. The first kappa shape index (κ1) is 16.5. The van der Waals surface area contributed by atoms with Crippen molar-refractivity contribution in [2.24, 2.45) is 0 Å². The molecule has 0 radical (unpaired) electrons. The third kappa shape index (κ3) is 5.24. The molecule has 112 valence electrons. The van der Waals surface area contributed by atoms with Crippen molar-refractivity contribution < 1.29 is 4.79 Å². The molecular formula is C17H28N2O. The minimum absolute atomic E-state index is 0.259. The highest BCUT2D eigenvalue weighted by Gasteiger charge is 2.11. The Kier molecular flexibility index (Phi) is 7.78. The van der Waals surface area contributed by atoms with E-state index in [0.717, 1.165) is 38.0 Å². The lowest BCUT2D eigenvalue weighted by Crippen LogP contribution is -2.33. The number of rotatable bonds is 9. The minimum atomic E-state index is 0.259. The lowest BCUT2D eigenvalue weighted by atomic mass is 10.1. The van der Waals surface area contributed by atoms with E-state index in [1.807, 2.05) is 11.0 Å². The van der Waals surface area contributed by atoms with Gasteiger partial charge in [-0.25, -0.2) is 0 Å². The Hall–Kier alpha value is -1.51. The smallest absolute Gasteiger partial charge is 0.224 e. The topological polar surface area (TPSA) is 32.3 Å². The van der Waals surface area contributed by atoms with Crippen molar-refractivity contribution in [2.75, 3.05) is 25.0 Å². The number of hydrogen-bond acceptors (Lipinski definition) is 2. The first-order chi connectivity index (χ1) is 9.72. The van der Waals surface area contributed by atoms with Gasteiger partial charge in [-0.15, -0.1) is 0 Å². The first-order valence-electron chi connectivity index (χ1n) is 7.82. The lowest BCUT2D eigenvalue weighted by Gasteiger charge is -2.21. The fraction of sp³-hybridized carbons (Fsp3) is 0.588. The summed E-state index contributed by atoms with van der Waals surface area (Å²) in [5, 5.41) is 3.39. The first-order valence-corrected chi connectivity index (χ1v) is 7.82. The molecule has 0 spiro atoms. The zero-order chi connectivity index (χ0) is 14.8. The SMILES string of the molecule is CCCN(CCC)C(=O)CCNc1ccccc1CC. The standard InChI is InChI=1S/C17H28N2O/c1-4-13-19(14-5-2)17(20)11-12-18-16-10-8-7-9-15(16)6-3/h7-10,18H,4-6,11-14H2,1-3H3. The fourth-order valence-corrected chi connectivity index (χ4v) is 2.36. The van der Waals surface area contributed by atoms with Crippen molar-refractivity contribution in [3.05, 3.63) is 29.8 Å². The van der Waals surface area contributed by atoms with Crippen LogP contribution < -0.4 is 5.32 Å². The van der Waals surface area contributed by atoms with E-state index in [4.69, 9.17) is 0 Å². The molecule has 0 heterocycles. The van der Waals surface area contributed by atoms with E-state index >= 15 is 0 Å². The Morgan fingerprint density at radius 2 is 1.75 bits per heavy atom. The van der Waals surface area contributed by atoms with Gasteiger partial charge in [0, 0.05) is 31.7 Å². The molecule has 0 atom stereocenters. The Labute approximate surface area is 123 Å². The van der Waals surface area contributed by atoms with Gasteiger partial charge >= 0.3 is 0 Å². The number of para-hydroxylation sites is 1. The Bertz CT molecular complexity index is 398. The van der Waals surface area contributed by atoms with Crippen molar-refractivity contribution >= 4 is 11.6 Å². The van der Waals surface area contributed by atoms with Gasteiger partial charge < -0.3 is 10.2 Å². The average molecular weight is 276 g/mol. The summed E-state index contributed by atoms with van der Waals surface area (Å²) in [4.78, 5) is 14.1. The third-order valence-corrected chi connectivity index (χ3v) is 3.39. The maximum absolute atomic E-state index is 12.2. The van der Waals surface area contributed by atoms with E-state index in [1.165, 1.54) is 5.56 Å². The predicted molar refractivity (Wildman–Crippen MR) is 86.1 cm³/mol. The van der Waals surface area contributed by atoms with Crippen molar-refractivity contribution in [1.29, 1.82) is 0 Å². The van der Waals surface area contributed by atoms with Gasteiger partial charge in [-0.2, -0.15) is 0 Å². The summed E-state index contributed by atoms with van der Waals surface area (Å²) in [7, 11) is 0. The van der Waals surface area contributed by atoms with E-state index < -0.39 is 0 Å². The molecule has 0 fully saturated rings. The molecule has 3 nitrogen and oxygen atoms in total. The maximum Gasteiger partial charge on any atom is 0.224 e. The number of aryl methyl sites for hydroxylation is 1. The largest absolute Gasteiger partial charge is 0.384 e. The number of carbonyl (C=O) groups is 1. The molecule has 20 heavy (non-hydrogen) atoms. The van der Waals surface area contributed by atoms with E-state index in [1.54, 1.807) is 0 Å². The molecule has 0 aliphatic rings. The van der Waals surface area contributed by atoms with Crippen molar-refractivity contribution in [3.8, 4) is 0 Å². The average Bonchev–Trinajstić information content (AvgIpc) is 2.47. The van der Waals surface area contributed by atoms with Gasteiger partial charge in [0.1, 0.15) is 0 Å². The van der Waals surface area contributed by atoms with Crippen molar-refractivity contribution in [1.82, 2.24) is 4.90 Å². The van der Waals surface area contributed by atoms with Crippen LogP contribution in [0.4, 0.5) is 5.69 Å².